The molecule has 10 rings (SSSR count). The molecule has 0 heterocycles. The molecule has 0 aliphatic heterocycles. The molecule has 58 heavy (non-hydrogen) atoms. The van der Waals surface area contributed by atoms with Crippen LogP contribution in [0.25, 0.3) is 98.4 Å². The molecule has 0 heteroatoms. The van der Waals surface area contributed by atoms with Crippen molar-refractivity contribution in [3.63, 3.8) is 0 Å². The summed E-state index contributed by atoms with van der Waals surface area (Å²) in [7, 11) is 0. The number of hydrogen-bond acceptors (Lipinski definition) is 0. The summed E-state index contributed by atoms with van der Waals surface area (Å²) in [5.41, 5.74) is 20.5. The highest BCUT2D eigenvalue weighted by atomic mass is 14.2. The summed E-state index contributed by atoms with van der Waals surface area (Å²) in [6, 6.07) is 56.2. The van der Waals surface area contributed by atoms with Gasteiger partial charge in [-0.25, -0.2) is 0 Å². The van der Waals surface area contributed by atoms with Crippen molar-refractivity contribution >= 4 is 53.9 Å². The Morgan fingerprint density at radius 2 is 0.431 bits per heavy atom. The molecular formula is C58H48. The van der Waals surface area contributed by atoms with E-state index in [0.717, 1.165) is 0 Å². The molecule has 0 spiro atoms. The number of aryl methyl sites for hydroxylation is 8. The molecule has 0 radical (unpaired) electrons. The third-order valence-corrected chi connectivity index (χ3v) is 12.8. The van der Waals surface area contributed by atoms with Gasteiger partial charge in [0.1, 0.15) is 0 Å². The molecule has 0 bridgehead atoms. The van der Waals surface area contributed by atoms with Gasteiger partial charge < -0.3 is 0 Å². The minimum atomic E-state index is 1.25. The van der Waals surface area contributed by atoms with Crippen LogP contribution in [-0.4, -0.2) is 0 Å². The summed E-state index contributed by atoms with van der Waals surface area (Å²) >= 11 is 0. The van der Waals surface area contributed by atoms with Crippen molar-refractivity contribution in [3.8, 4) is 44.5 Å². The zero-order chi connectivity index (χ0) is 40.0. The van der Waals surface area contributed by atoms with E-state index in [4.69, 9.17) is 0 Å². The Kier molecular flexibility index (Phi) is 8.39. The molecule has 10 aromatic rings. The molecule has 0 fully saturated rings. The van der Waals surface area contributed by atoms with Gasteiger partial charge in [-0.3, -0.25) is 0 Å². The first-order valence-electron chi connectivity index (χ1n) is 20.7. The summed E-state index contributed by atoms with van der Waals surface area (Å²) in [4.78, 5) is 0. The Balaban J connectivity index is 1.43. The lowest BCUT2D eigenvalue weighted by atomic mass is 9.83. The van der Waals surface area contributed by atoms with E-state index in [0.29, 0.717) is 0 Å². The Morgan fingerprint density at radius 3 is 0.638 bits per heavy atom. The van der Waals surface area contributed by atoms with E-state index in [1.54, 1.807) is 0 Å². The molecule has 0 aromatic heterocycles. The van der Waals surface area contributed by atoms with Crippen LogP contribution in [0.2, 0.25) is 0 Å². The van der Waals surface area contributed by atoms with Crippen molar-refractivity contribution in [1.82, 2.24) is 0 Å². The van der Waals surface area contributed by atoms with E-state index < -0.39 is 0 Å². The Labute approximate surface area is 342 Å². The predicted molar refractivity (Wildman–Crippen MR) is 254 cm³/mol. The second-order valence-corrected chi connectivity index (χ2v) is 17.1. The molecule has 280 valence electrons. The van der Waals surface area contributed by atoms with Gasteiger partial charge in [0.05, 0.1) is 0 Å². The average molecular weight is 745 g/mol. The van der Waals surface area contributed by atoms with E-state index in [1.165, 1.54) is 143 Å². The summed E-state index contributed by atoms with van der Waals surface area (Å²) in [5, 5.41) is 12.9. The van der Waals surface area contributed by atoms with Crippen molar-refractivity contribution in [2.24, 2.45) is 0 Å². The zero-order valence-corrected chi connectivity index (χ0v) is 34.9. The van der Waals surface area contributed by atoms with E-state index in [9.17, 15) is 0 Å². The minimum Gasteiger partial charge on any atom is -0.0587 e. The summed E-state index contributed by atoms with van der Waals surface area (Å²) in [6.07, 6.45) is 0. The maximum Gasteiger partial charge on any atom is -0.00134 e. The standard InChI is InChI=1S/C58H48/c1-33-9-17-45(37(5)25-33)41-13-21-49-50-22-14-43(47-19-11-35(3)27-39(47)7)31-55(50)58-56-32-44(48-20-12-36(4)28-40(48)8)16-24-52(56)51-23-15-42(30-54(51)57(58)53(49)29-41)46-18-10-34(2)26-38(46)6/h9-32H,1-8H3. The smallest absolute Gasteiger partial charge is 0.00134 e. The van der Waals surface area contributed by atoms with E-state index in [-0.39, 0.29) is 0 Å². The Hall–Kier alpha value is -6.50. The highest BCUT2D eigenvalue weighted by Gasteiger charge is 2.20. The van der Waals surface area contributed by atoms with Gasteiger partial charge in [-0.1, -0.05) is 144 Å². The fraction of sp³-hybridized carbons (Fsp3) is 0.138. The topological polar surface area (TPSA) is 0 Å². The first kappa shape index (κ1) is 35.9. The summed E-state index contributed by atoms with van der Waals surface area (Å²) in [6.45, 7) is 17.7. The van der Waals surface area contributed by atoms with Gasteiger partial charge in [0.15, 0.2) is 0 Å². The van der Waals surface area contributed by atoms with Crippen LogP contribution >= 0.6 is 0 Å². The normalized spacial score (nSPS) is 11.8. The third-order valence-electron chi connectivity index (χ3n) is 12.8. The van der Waals surface area contributed by atoms with Gasteiger partial charge >= 0.3 is 0 Å². The fourth-order valence-electron chi connectivity index (χ4n) is 9.99. The van der Waals surface area contributed by atoms with Gasteiger partial charge in [0.2, 0.25) is 0 Å². The summed E-state index contributed by atoms with van der Waals surface area (Å²) < 4.78 is 0. The van der Waals surface area contributed by atoms with Crippen molar-refractivity contribution in [1.29, 1.82) is 0 Å². The average Bonchev–Trinajstić information content (AvgIpc) is 3.20. The van der Waals surface area contributed by atoms with Gasteiger partial charge in [0.25, 0.3) is 0 Å². The molecule has 0 N–H and O–H groups in total. The van der Waals surface area contributed by atoms with E-state index in [2.05, 4.69) is 201 Å². The largest absolute Gasteiger partial charge is 0.0587 e. The van der Waals surface area contributed by atoms with Gasteiger partial charge in [-0.2, -0.15) is 0 Å². The quantitative estimate of drug-likeness (QED) is 0.157. The maximum absolute atomic E-state index is 2.48. The van der Waals surface area contributed by atoms with Crippen LogP contribution in [0, 0.1) is 55.4 Å². The molecule has 0 unspecified atom stereocenters. The van der Waals surface area contributed by atoms with Gasteiger partial charge in [0, 0.05) is 0 Å². The lowest BCUT2D eigenvalue weighted by molar-refractivity contribution is 1.38. The Bertz CT molecular complexity index is 2910. The number of fused-ring (bicyclic) bond motifs is 11. The van der Waals surface area contributed by atoms with Gasteiger partial charge in [-0.15, -0.1) is 0 Å². The lowest BCUT2D eigenvalue weighted by Gasteiger charge is -2.20. The SMILES string of the molecule is Cc1ccc(-c2ccc3c4ccc(-c5ccc(C)cc5C)cc4c4c5cc(-c6ccc(C)cc6C)ccc5c5ccc(-c6ccc(C)cc6C)cc5c4c3c2)c(C)c1. The van der Waals surface area contributed by atoms with E-state index in [1.807, 2.05) is 0 Å². The molecule has 0 aliphatic carbocycles. The lowest BCUT2D eigenvalue weighted by Crippen LogP contribution is -1.93. The van der Waals surface area contributed by atoms with Crippen molar-refractivity contribution in [2.75, 3.05) is 0 Å². The van der Waals surface area contributed by atoms with Crippen LogP contribution in [0.4, 0.5) is 0 Å². The third kappa shape index (κ3) is 5.82. The zero-order valence-electron chi connectivity index (χ0n) is 34.9. The molecular weight excluding hydrogens is 697 g/mol. The summed E-state index contributed by atoms with van der Waals surface area (Å²) in [5.74, 6) is 0. The molecule has 0 saturated carbocycles. The predicted octanol–water partition coefficient (Wildman–Crippen LogP) is 16.6. The minimum absolute atomic E-state index is 1.25. The molecule has 0 amide bonds. The highest BCUT2D eigenvalue weighted by molar-refractivity contribution is 6.40. The molecule has 10 aromatic carbocycles. The maximum atomic E-state index is 2.48. The number of rotatable bonds is 4. The Morgan fingerprint density at radius 1 is 0.207 bits per heavy atom. The monoisotopic (exact) mass is 744 g/mol. The molecule has 0 nitrogen and oxygen atoms in total. The van der Waals surface area contributed by atoms with Crippen LogP contribution in [0.1, 0.15) is 44.5 Å². The first-order valence-corrected chi connectivity index (χ1v) is 20.7. The second kappa shape index (κ2) is 13.6. The second-order valence-electron chi connectivity index (χ2n) is 17.1. The van der Waals surface area contributed by atoms with Gasteiger partial charge in [-0.05, 0) is 200 Å². The van der Waals surface area contributed by atoms with Crippen LogP contribution < -0.4 is 0 Å². The fourth-order valence-corrected chi connectivity index (χ4v) is 9.99. The van der Waals surface area contributed by atoms with Crippen LogP contribution in [0.5, 0.6) is 0 Å². The van der Waals surface area contributed by atoms with Crippen LogP contribution in [0.15, 0.2) is 146 Å². The van der Waals surface area contributed by atoms with Crippen molar-refractivity contribution < 1.29 is 0 Å². The molecule has 0 atom stereocenters. The van der Waals surface area contributed by atoms with Crippen molar-refractivity contribution in [3.05, 3.63) is 190 Å². The van der Waals surface area contributed by atoms with Crippen LogP contribution in [-0.2, 0) is 0 Å². The van der Waals surface area contributed by atoms with E-state index >= 15 is 0 Å². The van der Waals surface area contributed by atoms with Crippen LogP contribution in [0.3, 0.4) is 0 Å². The highest BCUT2D eigenvalue weighted by Crippen LogP contribution is 2.48. The number of benzene rings is 10. The molecule has 0 saturated heterocycles. The van der Waals surface area contributed by atoms with Crippen molar-refractivity contribution in [2.45, 2.75) is 55.4 Å². The number of hydrogen-bond donors (Lipinski definition) is 0. The first-order chi connectivity index (χ1) is 28.0. The molecule has 0 aliphatic rings.